The topological polar surface area (TPSA) is 59.7 Å². The lowest BCUT2D eigenvalue weighted by atomic mass is 10.1. The summed E-state index contributed by atoms with van der Waals surface area (Å²) in [6, 6.07) is 14.8. The Morgan fingerprint density at radius 2 is 1.88 bits per heavy atom. The molecule has 2 N–H and O–H groups in total. The van der Waals surface area contributed by atoms with Crippen LogP contribution in [0.2, 0.25) is 5.02 Å². The summed E-state index contributed by atoms with van der Waals surface area (Å²) in [6.07, 6.45) is 3.60. The van der Waals surface area contributed by atoms with Gasteiger partial charge in [-0.25, -0.2) is 4.39 Å². The Hall–Kier alpha value is -3.23. The first-order valence-corrected chi connectivity index (χ1v) is 10.8. The number of halogens is 2. The summed E-state index contributed by atoms with van der Waals surface area (Å²) in [7, 11) is 0. The molecule has 0 radical (unpaired) electrons. The van der Waals surface area contributed by atoms with Crippen LogP contribution in [0.15, 0.2) is 60.9 Å². The van der Waals surface area contributed by atoms with E-state index in [9.17, 15) is 4.39 Å². The van der Waals surface area contributed by atoms with Gasteiger partial charge in [0.05, 0.1) is 25.0 Å². The molecule has 0 aliphatic rings. The van der Waals surface area contributed by atoms with Crippen LogP contribution in [-0.2, 0) is 13.1 Å². The molecule has 0 amide bonds. The van der Waals surface area contributed by atoms with Crippen molar-refractivity contribution < 1.29 is 4.39 Å². The van der Waals surface area contributed by atoms with E-state index in [4.69, 9.17) is 23.8 Å². The number of nitrogens with zero attached hydrogens (tertiary/aromatic N) is 4. The zero-order valence-corrected chi connectivity index (χ0v) is 19.2. The molecule has 0 saturated carbocycles. The lowest BCUT2D eigenvalue weighted by Crippen LogP contribution is -2.19. The molecule has 2 aromatic heterocycles. The van der Waals surface area contributed by atoms with Gasteiger partial charge >= 0.3 is 0 Å². The van der Waals surface area contributed by atoms with Gasteiger partial charge < -0.3 is 10.6 Å². The highest BCUT2D eigenvalue weighted by Gasteiger charge is 2.12. The van der Waals surface area contributed by atoms with Crippen LogP contribution < -0.4 is 10.6 Å². The third-order valence-corrected chi connectivity index (χ3v) is 5.51. The summed E-state index contributed by atoms with van der Waals surface area (Å²) >= 11 is 11.5. The zero-order valence-electron chi connectivity index (χ0n) is 17.6. The van der Waals surface area contributed by atoms with Gasteiger partial charge in [-0.15, -0.1) is 0 Å². The Balaban J connectivity index is 1.37. The number of hydrogen-bond donors (Lipinski definition) is 2. The van der Waals surface area contributed by atoms with Crippen molar-refractivity contribution in [3.05, 3.63) is 94.1 Å². The van der Waals surface area contributed by atoms with E-state index in [0.717, 1.165) is 11.4 Å². The normalized spacial score (nSPS) is 10.9. The number of hydrogen-bond acceptors (Lipinski definition) is 3. The minimum absolute atomic E-state index is 0.227. The molecule has 0 atom stereocenters. The number of aryl methyl sites for hydroxylation is 2. The van der Waals surface area contributed by atoms with Crippen molar-refractivity contribution in [2.45, 2.75) is 26.9 Å². The maximum absolute atomic E-state index is 14.1. The maximum Gasteiger partial charge on any atom is 0.176 e. The molecular formula is C23H22ClFN6S. The Morgan fingerprint density at radius 1 is 1.09 bits per heavy atom. The highest BCUT2D eigenvalue weighted by molar-refractivity contribution is 7.80. The largest absolute Gasteiger partial charge is 0.330 e. The first-order chi connectivity index (χ1) is 15.4. The Bertz CT molecular complexity index is 1230. The van der Waals surface area contributed by atoms with Gasteiger partial charge in [-0.2, -0.15) is 10.2 Å². The number of nitrogens with one attached hydrogen (secondary N) is 2. The van der Waals surface area contributed by atoms with E-state index in [1.54, 1.807) is 23.0 Å². The Kier molecular flexibility index (Phi) is 6.53. The van der Waals surface area contributed by atoms with E-state index in [1.165, 1.54) is 17.2 Å². The quantitative estimate of drug-likeness (QED) is 0.371. The molecule has 0 fully saturated rings. The molecule has 4 rings (SSSR count). The van der Waals surface area contributed by atoms with E-state index in [-0.39, 0.29) is 12.4 Å². The first kappa shape index (κ1) is 22.0. The molecule has 0 bridgehead atoms. The molecule has 2 aromatic carbocycles. The summed E-state index contributed by atoms with van der Waals surface area (Å²) in [5.41, 5.74) is 4.41. The standard InChI is InChI=1S/C23H22ClFN6S/c1-15-6-8-17(9-7-15)12-30-13-18(11-26-30)27-23(32)28-22-10-16(2)31(29-22)14-19-20(24)4-3-5-21(19)25/h3-11,13H,12,14H2,1-2H3,(H2,27,28,29,32). The van der Waals surface area contributed by atoms with Gasteiger partial charge in [-0.05, 0) is 43.8 Å². The number of aromatic nitrogens is 4. The second-order valence-corrected chi connectivity index (χ2v) is 8.34. The maximum atomic E-state index is 14.1. The van der Waals surface area contributed by atoms with Gasteiger partial charge in [0.25, 0.3) is 0 Å². The molecule has 6 nitrogen and oxygen atoms in total. The molecule has 0 saturated heterocycles. The molecule has 32 heavy (non-hydrogen) atoms. The van der Waals surface area contributed by atoms with Crippen LogP contribution in [0.4, 0.5) is 15.9 Å². The van der Waals surface area contributed by atoms with Crippen LogP contribution >= 0.6 is 23.8 Å². The van der Waals surface area contributed by atoms with Crippen LogP contribution in [0.5, 0.6) is 0 Å². The van der Waals surface area contributed by atoms with Crippen molar-refractivity contribution in [3.8, 4) is 0 Å². The third-order valence-electron chi connectivity index (χ3n) is 4.95. The summed E-state index contributed by atoms with van der Waals surface area (Å²) in [5, 5.41) is 15.8. The molecule has 4 aromatic rings. The van der Waals surface area contributed by atoms with Crippen LogP contribution in [-0.4, -0.2) is 24.7 Å². The summed E-state index contributed by atoms with van der Waals surface area (Å²) in [5.74, 6) is 0.196. The van der Waals surface area contributed by atoms with Crippen LogP contribution in [0, 0.1) is 19.7 Å². The van der Waals surface area contributed by atoms with Gasteiger partial charge in [-0.3, -0.25) is 9.36 Å². The molecule has 9 heteroatoms. The summed E-state index contributed by atoms with van der Waals surface area (Å²) < 4.78 is 17.6. The fraction of sp³-hybridized carbons (Fsp3) is 0.174. The van der Waals surface area contributed by atoms with Crippen molar-refractivity contribution >= 4 is 40.4 Å². The van der Waals surface area contributed by atoms with E-state index >= 15 is 0 Å². The van der Waals surface area contributed by atoms with Gasteiger partial charge in [-0.1, -0.05) is 47.5 Å². The highest BCUT2D eigenvalue weighted by Crippen LogP contribution is 2.21. The third kappa shape index (κ3) is 5.33. The lowest BCUT2D eigenvalue weighted by molar-refractivity contribution is 0.581. The zero-order chi connectivity index (χ0) is 22.7. The number of anilines is 2. The molecule has 0 aliphatic carbocycles. The predicted molar refractivity (Wildman–Crippen MR) is 130 cm³/mol. The average Bonchev–Trinajstić information content (AvgIpc) is 3.32. The fourth-order valence-corrected chi connectivity index (χ4v) is 3.68. The Labute approximate surface area is 196 Å². The van der Waals surface area contributed by atoms with Crippen molar-refractivity contribution in [1.82, 2.24) is 19.6 Å². The number of rotatable bonds is 6. The summed E-state index contributed by atoms with van der Waals surface area (Å²) in [4.78, 5) is 0. The number of benzene rings is 2. The molecule has 0 aliphatic heterocycles. The van der Waals surface area contributed by atoms with Gasteiger partial charge in [0, 0.05) is 28.5 Å². The monoisotopic (exact) mass is 468 g/mol. The van der Waals surface area contributed by atoms with Crippen LogP contribution in [0.25, 0.3) is 0 Å². The molecule has 0 spiro atoms. The van der Waals surface area contributed by atoms with Gasteiger partial charge in [0.1, 0.15) is 5.82 Å². The van der Waals surface area contributed by atoms with E-state index in [1.807, 2.05) is 23.9 Å². The van der Waals surface area contributed by atoms with E-state index in [2.05, 4.69) is 52.0 Å². The lowest BCUT2D eigenvalue weighted by Gasteiger charge is -2.08. The molecule has 164 valence electrons. The smallest absolute Gasteiger partial charge is 0.176 e. The van der Waals surface area contributed by atoms with Crippen molar-refractivity contribution in [3.63, 3.8) is 0 Å². The fourth-order valence-electron chi connectivity index (χ4n) is 3.24. The molecule has 0 unspecified atom stereocenters. The first-order valence-electron chi connectivity index (χ1n) is 10.0. The second kappa shape index (κ2) is 9.50. The second-order valence-electron chi connectivity index (χ2n) is 7.52. The summed E-state index contributed by atoms with van der Waals surface area (Å²) in [6.45, 7) is 4.85. The number of thiocarbonyl (C=S) groups is 1. The van der Waals surface area contributed by atoms with Crippen LogP contribution in [0.3, 0.4) is 0 Å². The van der Waals surface area contributed by atoms with Gasteiger partial charge in [0.2, 0.25) is 0 Å². The Morgan fingerprint density at radius 3 is 2.62 bits per heavy atom. The molecular weight excluding hydrogens is 447 g/mol. The van der Waals surface area contributed by atoms with E-state index < -0.39 is 0 Å². The SMILES string of the molecule is Cc1ccc(Cn2cc(NC(=S)Nc3cc(C)n(Cc4c(F)cccc4Cl)n3)cn2)cc1. The molecule has 2 heterocycles. The minimum atomic E-state index is -0.359. The van der Waals surface area contributed by atoms with E-state index in [0.29, 0.717) is 28.1 Å². The van der Waals surface area contributed by atoms with Crippen LogP contribution in [0.1, 0.15) is 22.4 Å². The van der Waals surface area contributed by atoms with Gasteiger partial charge in [0.15, 0.2) is 10.9 Å². The van der Waals surface area contributed by atoms with Crippen molar-refractivity contribution in [1.29, 1.82) is 0 Å². The predicted octanol–water partition coefficient (Wildman–Crippen LogP) is 5.39. The minimum Gasteiger partial charge on any atom is -0.330 e. The van der Waals surface area contributed by atoms with Crippen molar-refractivity contribution in [2.75, 3.05) is 10.6 Å². The highest BCUT2D eigenvalue weighted by atomic mass is 35.5. The van der Waals surface area contributed by atoms with Crippen molar-refractivity contribution in [2.24, 2.45) is 0 Å². The average molecular weight is 469 g/mol.